The number of nitrogens with zero attached hydrogens (tertiary/aromatic N) is 4. The van der Waals surface area contributed by atoms with E-state index in [2.05, 4.69) is 188 Å². The fourth-order valence-corrected chi connectivity index (χ4v) is 10.1. The first kappa shape index (κ1) is 37.7. The van der Waals surface area contributed by atoms with Crippen molar-refractivity contribution in [3.8, 4) is 101 Å². The lowest BCUT2D eigenvalue weighted by Gasteiger charge is -2.20. The molecule has 0 saturated carbocycles. The first-order valence-corrected chi connectivity index (χ1v) is 22.4. The van der Waals surface area contributed by atoms with Gasteiger partial charge in [-0.05, 0) is 88.8 Å². The molecule has 1 aliphatic rings. The van der Waals surface area contributed by atoms with Gasteiger partial charge in [0.15, 0.2) is 17.5 Å². The van der Waals surface area contributed by atoms with E-state index in [1.165, 1.54) is 71.6 Å². The second kappa shape index (κ2) is 15.4. The standard InChI is InChI=1S/C62H38N4/c1-4-15-41(16-5-1)54-50-23-10-11-24-51(50)55(42-17-6-2-7-18-42)58-53-37-36-47(49-26-13-27-52(56(49)53)57(54)58)39-28-32-45(33-29-39)61-64-60(44-19-8-3-9-20-44)65-62(66-61)46-34-30-40(31-35-46)48-25-12-21-43-22-14-38-63-59(43)48/h1-38H. The highest BCUT2D eigenvalue weighted by Gasteiger charge is 2.31. The Hall–Kier alpha value is -8.86. The molecular formula is C62H38N4. The van der Waals surface area contributed by atoms with Gasteiger partial charge in [0.1, 0.15) is 0 Å². The van der Waals surface area contributed by atoms with Crippen LogP contribution in [0.4, 0.5) is 0 Å². The van der Waals surface area contributed by atoms with Crippen molar-refractivity contribution in [1.29, 1.82) is 0 Å². The third kappa shape index (κ3) is 6.15. The molecule has 1 aliphatic carbocycles. The average Bonchev–Trinajstić information content (AvgIpc) is 3.73. The molecule has 2 aromatic heterocycles. The molecule has 0 radical (unpaired) electrons. The summed E-state index contributed by atoms with van der Waals surface area (Å²) in [6, 6.07) is 79.9. The number of rotatable bonds is 7. The average molecular weight is 839 g/mol. The molecule has 0 aliphatic heterocycles. The normalized spacial score (nSPS) is 11.6. The Labute approximate surface area is 382 Å². The van der Waals surface area contributed by atoms with E-state index < -0.39 is 0 Å². The minimum Gasteiger partial charge on any atom is -0.256 e. The van der Waals surface area contributed by atoms with E-state index >= 15 is 0 Å². The van der Waals surface area contributed by atoms with Crippen LogP contribution in [0.1, 0.15) is 0 Å². The number of hydrogen-bond donors (Lipinski definition) is 0. The van der Waals surface area contributed by atoms with Crippen molar-refractivity contribution < 1.29 is 0 Å². The predicted molar refractivity (Wildman–Crippen MR) is 273 cm³/mol. The number of pyridine rings is 1. The summed E-state index contributed by atoms with van der Waals surface area (Å²) in [5, 5.41) is 6.15. The van der Waals surface area contributed by atoms with Gasteiger partial charge in [-0.3, -0.25) is 4.98 Å². The third-order valence-electron chi connectivity index (χ3n) is 13.1. The molecule has 10 aromatic carbocycles. The summed E-state index contributed by atoms with van der Waals surface area (Å²) < 4.78 is 0. The van der Waals surface area contributed by atoms with E-state index in [1.807, 2.05) is 42.6 Å². The minimum absolute atomic E-state index is 0.620. The van der Waals surface area contributed by atoms with Crippen LogP contribution in [0, 0.1) is 0 Å². The fourth-order valence-electron chi connectivity index (χ4n) is 10.1. The van der Waals surface area contributed by atoms with E-state index in [-0.39, 0.29) is 0 Å². The lowest BCUT2D eigenvalue weighted by molar-refractivity contribution is 1.07. The smallest absolute Gasteiger partial charge is 0.164 e. The SMILES string of the molecule is c1ccc(-c2nc(-c3ccc(-c4ccc5c6c(cccc46)-c4c-5c(-c5ccccc5)c5ccccc5c4-c4ccccc4)cc3)nc(-c3ccc(-c4cccc5cccnc45)cc3)n2)cc1. The van der Waals surface area contributed by atoms with Gasteiger partial charge >= 0.3 is 0 Å². The summed E-state index contributed by atoms with van der Waals surface area (Å²) in [6.07, 6.45) is 1.85. The topological polar surface area (TPSA) is 51.6 Å². The van der Waals surface area contributed by atoms with Crippen LogP contribution in [-0.2, 0) is 0 Å². The second-order valence-corrected chi connectivity index (χ2v) is 16.9. The zero-order valence-electron chi connectivity index (χ0n) is 35.7. The summed E-state index contributed by atoms with van der Waals surface area (Å²) in [7, 11) is 0. The van der Waals surface area contributed by atoms with Crippen LogP contribution in [0.5, 0.6) is 0 Å². The molecule has 0 amide bonds. The Balaban J connectivity index is 0.927. The van der Waals surface area contributed by atoms with Gasteiger partial charge < -0.3 is 0 Å². The Bertz CT molecular complexity index is 3730. The van der Waals surface area contributed by atoms with Crippen LogP contribution < -0.4 is 0 Å². The molecule has 0 spiro atoms. The van der Waals surface area contributed by atoms with E-state index in [4.69, 9.17) is 19.9 Å². The number of para-hydroxylation sites is 1. The molecule has 2 heterocycles. The first-order valence-electron chi connectivity index (χ1n) is 22.4. The van der Waals surface area contributed by atoms with Crippen LogP contribution in [0.15, 0.2) is 231 Å². The molecule has 0 bridgehead atoms. The number of benzene rings is 10. The van der Waals surface area contributed by atoms with Crippen LogP contribution in [0.3, 0.4) is 0 Å². The van der Waals surface area contributed by atoms with Crippen molar-refractivity contribution in [3.63, 3.8) is 0 Å². The highest BCUT2D eigenvalue weighted by atomic mass is 15.0. The van der Waals surface area contributed by atoms with Crippen molar-refractivity contribution in [2.75, 3.05) is 0 Å². The maximum atomic E-state index is 5.11. The first-order chi connectivity index (χ1) is 32.7. The van der Waals surface area contributed by atoms with Crippen LogP contribution >= 0.6 is 0 Å². The van der Waals surface area contributed by atoms with Gasteiger partial charge in [0.05, 0.1) is 5.52 Å². The van der Waals surface area contributed by atoms with Crippen LogP contribution in [0.2, 0.25) is 0 Å². The van der Waals surface area contributed by atoms with Crippen LogP contribution in [0.25, 0.3) is 133 Å². The molecule has 0 unspecified atom stereocenters. The van der Waals surface area contributed by atoms with Crippen molar-refractivity contribution in [1.82, 2.24) is 19.9 Å². The predicted octanol–water partition coefficient (Wildman–Crippen LogP) is 16.0. The lowest BCUT2D eigenvalue weighted by Crippen LogP contribution is -2.00. The molecule has 12 aromatic rings. The van der Waals surface area contributed by atoms with E-state index in [0.717, 1.165) is 44.3 Å². The molecule has 66 heavy (non-hydrogen) atoms. The monoisotopic (exact) mass is 838 g/mol. The Morgan fingerprint density at radius 2 is 0.652 bits per heavy atom. The van der Waals surface area contributed by atoms with Crippen LogP contribution in [-0.4, -0.2) is 19.9 Å². The molecule has 4 nitrogen and oxygen atoms in total. The molecule has 4 heteroatoms. The number of hydrogen-bond acceptors (Lipinski definition) is 4. The van der Waals surface area contributed by atoms with Gasteiger partial charge in [0.2, 0.25) is 0 Å². The van der Waals surface area contributed by atoms with Crippen molar-refractivity contribution in [2.24, 2.45) is 0 Å². The van der Waals surface area contributed by atoms with Crippen molar-refractivity contribution >= 4 is 32.4 Å². The fraction of sp³-hybridized carbons (Fsp3) is 0. The molecule has 0 atom stereocenters. The Morgan fingerprint density at radius 3 is 1.23 bits per heavy atom. The van der Waals surface area contributed by atoms with E-state index in [1.54, 1.807) is 0 Å². The third-order valence-corrected chi connectivity index (χ3v) is 13.1. The van der Waals surface area contributed by atoms with Gasteiger partial charge in [-0.2, -0.15) is 0 Å². The van der Waals surface area contributed by atoms with Crippen molar-refractivity contribution in [3.05, 3.63) is 231 Å². The summed E-state index contributed by atoms with van der Waals surface area (Å²) in [4.78, 5) is 19.9. The van der Waals surface area contributed by atoms with Gasteiger partial charge in [-0.1, -0.05) is 218 Å². The molecule has 0 fully saturated rings. The molecule has 13 rings (SSSR count). The van der Waals surface area contributed by atoms with E-state index in [0.29, 0.717) is 17.5 Å². The number of aromatic nitrogens is 4. The quantitative estimate of drug-likeness (QED) is 0.160. The molecular weight excluding hydrogens is 801 g/mol. The Kier molecular flexibility index (Phi) is 8.81. The van der Waals surface area contributed by atoms with E-state index in [9.17, 15) is 0 Å². The minimum atomic E-state index is 0.620. The van der Waals surface area contributed by atoms with Gasteiger partial charge in [-0.15, -0.1) is 0 Å². The maximum Gasteiger partial charge on any atom is 0.164 e. The number of fused-ring (bicyclic) bond motifs is 5. The lowest BCUT2D eigenvalue weighted by atomic mass is 9.82. The zero-order valence-corrected chi connectivity index (χ0v) is 35.7. The molecule has 0 saturated heterocycles. The zero-order chi connectivity index (χ0) is 43.6. The highest BCUT2D eigenvalue weighted by molar-refractivity contribution is 6.28. The van der Waals surface area contributed by atoms with Gasteiger partial charge in [0.25, 0.3) is 0 Å². The largest absolute Gasteiger partial charge is 0.256 e. The highest BCUT2D eigenvalue weighted by Crippen LogP contribution is 2.58. The summed E-state index contributed by atoms with van der Waals surface area (Å²) in [5.74, 6) is 1.87. The summed E-state index contributed by atoms with van der Waals surface area (Å²) >= 11 is 0. The Morgan fingerprint density at radius 1 is 0.242 bits per heavy atom. The molecule has 0 N–H and O–H groups in total. The van der Waals surface area contributed by atoms with Crippen molar-refractivity contribution in [2.45, 2.75) is 0 Å². The molecule has 306 valence electrons. The summed E-state index contributed by atoms with van der Waals surface area (Å²) in [6.45, 7) is 0. The maximum absolute atomic E-state index is 5.11. The van der Waals surface area contributed by atoms with Gasteiger partial charge in [0, 0.05) is 33.8 Å². The second-order valence-electron chi connectivity index (χ2n) is 16.9. The summed E-state index contributed by atoms with van der Waals surface area (Å²) in [5.41, 5.74) is 18.4. The van der Waals surface area contributed by atoms with Gasteiger partial charge in [-0.25, -0.2) is 15.0 Å².